The van der Waals surface area contributed by atoms with Crippen LogP contribution in [0.5, 0.6) is 0 Å². The third-order valence-corrected chi connectivity index (χ3v) is 3.65. The van der Waals surface area contributed by atoms with E-state index in [4.69, 9.17) is 11.6 Å². The second-order valence-corrected chi connectivity index (χ2v) is 5.35. The molecule has 0 fully saturated rings. The minimum absolute atomic E-state index is 0.194. The molecule has 1 rings (SSSR count). The highest BCUT2D eigenvalue weighted by Crippen LogP contribution is 2.13. The fourth-order valence-corrected chi connectivity index (χ4v) is 2.37. The molecule has 1 aromatic carbocycles. The molecule has 4 nitrogen and oxygen atoms in total. The summed E-state index contributed by atoms with van der Waals surface area (Å²) in [6.07, 6.45) is -0.340. The van der Waals surface area contributed by atoms with Gasteiger partial charge in [0, 0.05) is 9.92 Å². The van der Waals surface area contributed by atoms with E-state index >= 15 is 0 Å². The largest absolute Gasteiger partial charge is 0.466 e. The quantitative estimate of drug-likeness (QED) is 0.593. The molecule has 1 aromatic rings. The van der Waals surface area contributed by atoms with Crippen LogP contribution in [0.3, 0.4) is 0 Å². The molecule has 0 unspecified atom stereocenters. The molecular formula is C12H13ClO4S. The lowest BCUT2D eigenvalue weighted by Gasteiger charge is -2.02. The van der Waals surface area contributed by atoms with E-state index in [0.717, 1.165) is 0 Å². The molecule has 0 bridgehead atoms. The van der Waals surface area contributed by atoms with Gasteiger partial charge in [-0.15, -0.1) is 0 Å². The molecule has 0 aromatic heterocycles. The lowest BCUT2D eigenvalue weighted by Crippen LogP contribution is -2.16. The maximum atomic E-state index is 11.8. The van der Waals surface area contributed by atoms with E-state index in [1.807, 2.05) is 0 Å². The summed E-state index contributed by atoms with van der Waals surface area (Å²) >= 11 is 5.70. The van der Waals surface area contributed by atoms with Crippen molar-refractivity contribution in [1.82, 2.24) is 0 Å². The topological polar surface area (TPSA) is 60.4 Å². The van der Waals surface area contributed by atoms with Crippen molar-refractivity contribution in [2.45, 2.75) is 18.2 Å². The molecule has 0 aliphatic heterocycles. The molecule has 0 aliphatic carbocycles. The zero-order valence-corrected chi connectivity index (χ0v) is 11.4. The van der Waals surface area contributed by atoms with Crippen LogP contribution < -0.4 is 0 Å². The molecule has 0 saturated heterocycles. The molecule has 0 aliphatic rings. The summed E-state index contributed by atoms with van der Waals surface area (Å²) in [7, 11) is -1.46. The monoisotopic (exact) mass is 288 g/mol. The normalized spacial score (nSPS) is 11.9. The van der Waals surface area contributed by atoms with Crippen LogP contribution in [0.2, 0.25) is 5.02 Å². The zero-order valence-electron chi connectivity index (χ0n) is 9.85. The van der Waals surface area contributed by atoms with E-state index in [1.54, 1.807) is 31.2 Å². The summed E-state index contributed by atoms with van der Waals surface area (Å²) in [5.41, 5.74) is 0. The molecule has 1 atom stereocenters. The molecule has 0 saturated carbocycles. The van der Waals surface area contributed by atoms with Gasteiger partial charge in [0.1, 0.15) is 6.42 Å². The number of ether oxygens (including phenoxy) is 1. The molecule has 0 N–H and O–H groups in total. The average Bonchev–Trinajstić information content (AvgIpc) is 2.29. The summed E-state index contributed by atoms with van der Waals surface area (Å²) in [5.74, 6) is -1.18. The van der Waals surface area contributed by atoms with Gasteiger partial charge in [-0.3, -0.25) is 13.8 Å². The van der Waals surface area contributed by atoms with Crippen LogP contribution in [0, 0.1) is 0 Å². The SMILES string of the molecule is CCOC(=O)CC(=O)C[S@@](=O)c1ccc(Cl)cc1. The molecule has 0 spiro atoms. The van der Waals surface area contributed by atoms with E-state index in [9.17, 15) is 13.8 Å². The summed E-state index contributed by atoms with van der Waals surface area (Å²) < 4.78 is 16.4. The van der Waals surface area contributed by atoms with Crippen LogP contribution in [0.4, 0.5) is 0 Å². The first-order valence-electron chi connectivity index (χ1n) is 5.34. The van der Waals surface area contributed by atoms with Crippen LogP contribution >= 0.6 is 11.6 Å². The van der Waals surface area contributed by atoms with Crippen LogP contribution in [0.1, 0.15) is 13.3 Å². The Morgan fingerprint density at radius 1 is 1.28 bits per heavy atom. The Morgan fingerprint density at radius 3 is 2.44 bits per heavy atom. The zero-order chi connectivity index (χ0) is 13.5. The second kappa shape index (κ2) is 7.28. The highest BCUT2D eigenvalue weighted by molar-refractivity contribution is 7.85. The van der Waals surface area contributed by atoms with Crippen molar-refractivity contribution < 1.29 is 18.5 Å². The second-order valence-electron chi connectivity index (χ2n) is 3.46. The van der Waals surface area contributed by atoms with Crippen molar-refractivity contribution in [1.29, 1.82) is 0 Å². The standard InChI is InChI=1S/C12H13ClO4S/c1-2-17-12(15)7-10(14)8-18(16)11-5-3-9(13)4-6-11/h3-6H,2,7-8H2,1H3/t18-/m1/s1. The molecule has 0 amide bonds. The van der Waals surface area contributed by atoms with E-state index in [2.05, 4.69) is 4.74 Å². The summed E-state index contributed by atoms with van der Waals surface area (Å²) in [6.45, 7) is 1.89. The van der Waals surface area contributed by atoms with Gasteiger partial charge in [0.05, 0.1) is 23.2 Å². The summed E-state index contributed by atoms with van der Waals surface area (Å²) in [6, 6.07) is 6.39. The highest BCUT2D eigenvalue weighted by atomic mass is 35.5. The van der Waals surface area contributed by atoms with Gasteiger partial charge < -0.3 is 4.74 Å². The number of hydrogen-bond acceptors (Lipinski definition) is 4. The first-order chi connectivity index (χ1) is 8.52. The lowest BCUT2D eigenvalue weighted by molar-refractivity contribution is -0.145. The number of hydrogen-bond donors (Lipinski definition) is 0. The molecule has 98 valence electrons. The molecule has 0 radical (unpaired) electrons. The third-order valence-electron chi connectivity index (χ3n) is 2.02. The molecule has 0 heterocycles. The Hall–Kier alpha value is -1.20. The smallest absolute Gasteiger partial charge is 0.313 e. The van der Waals surface area contributed by atoms with Gasteiger partial charge in [0.25, 0.3) is 0 Å². The Bertz CT molecular complexity index is 456. The third kappa shape index (κ3) is 4.98. The number of ketones is 1. The van der Waals surface area contributed by atoms with E-state index in [-0.39, 0.29) is 18.8 Å². The van der Waals surface area contributed by atoms with E-state index < -0.39 is 22.6 Å². The molecule has 18 heavy (non-hydrogen) atoms. The van der Waals surface area contributed by atoms with Gasteiger partial charge in [0.15, 0.2) is 5.78 Å². The number of rotatable bonds is 6. The highest BCUT2D eigenvalue weighted by Gasteiger charge is 2.14. The molecule has 6 heteroatoms. The van der Waals surface area contributed by atoms with Crippen LogP contribution in [-0.2, 0) is 25.1 Å². The first-order valence-corrected chi connectivity index (χ1v) is 7.04. The van der Waals surface area contributed by atoms with Crippen LogP contribution in [-0.4, -0.2) is 28.3 Å². The number of Topliss-reactive ketones (excluding diaryl/α,β-unsaturated/α-hetero) is 1. The Labute approximate surface area is 113 Å². The number of carbonyl (C=O) groups is 2. The fourth-order valence-electron chi connectivity index (χ4n) is 1.24. The van der Waals surface area contributed by atoms with Gasteiger partial charge in [-0.1, -0.05) is 11.6 Å². The average molecular weight is 289 g/mol. The van der Waals surface area contributed by atoms with E-state index in [1.165, 1.54) is 0 Å². The molecular weight excluding hydrogens is 276 g/mol. The van der Waals surface area contributed by atoms with Crippen LogP contribution in [0.25, 0.3) is 0 Å². The predicted molar refractivity (Wildman–Crippen MR) is 69.0 cm³/mol. The Morgan fingerprint density at radius 2 is 1.89 bits per heavy atom. The Balaban J connectivity index is 2.52. The van der Waals surface area contributed by atoms with Crippen LogP contribution in [0.15, 0.2) is 29.2 Å². The minimum Gasteiger partial charge on any atom is -0.466 e. The Kier molecular flexibility index (Phi) is 6.01. The minimum atomic E-state index is -1.46. The maximum absolute atomic E-state index is 11.8. The van der Waals surface area contributed by atoms with E-state index in [0.29, 0.717) is 9.92 Å². The number of esters is 1. The van der Waals surface area contributed by atoms with Gasteiger partial charge in [-0.2, -0.15) is 0 Å². The van der Waals surface area contributed by atoms with Crippen molar-refractivity contribution in [3.63, 3.8) is 0 Å². The van der Waals surface area contributed by atoms with Gasteiger partial charge >= 0.3 is 5.97 Å². The number of carbonyl (C=O) groups excluding carboxylic acids is 2. The number of benzene rings is 1. The summed E-state index contributed by atoms with van der Waals surface area (Å²) in [5, 5.41) is 0.536. The van der Waals surface area contributed by atoms with Crippen molar-refractivity contribution in [3.05, 3.63) is 29.3 Å². The van der Waals surface area contributed by atoms with Crippen molar-refractivity contribution in [2.24, 2.45) is 0 Å². The first kappa shape index (κ1) is 14.9. The fraction of sp³-hybridized carbons (Fsp3) is 0.333. The van der Waals surface area contributed by atoms with Gasteiger partial charge in [0.2, 0.25) is 0 Å². The lowest BCUT2D eigenvalue weighted by atomic mass is 10.3. The summed E-state index contributed by atoms with van der Waals surface area (Å²) in [4.78, 5) is 23.0. The predicted octanol–water partition coefficient (Wildman–Crippen LogP) is 1.97. The van der Waals surface area contributed by atoms with Crippen molar-refractivity contribution in [2.75, 3.05) is 12.4 Å². The maximum Gasteiger partial charge on any atom is 0.313 e. The number of halogens is 1. The van der Waals surface area contributed by atoms with Gasteiger partial charge in [-0.05, 0) is 31.2 Å². The van der Waals surface area contributed by atoms with Gasteiger partial charge in [-0.25, -0.2) is 0 Å². The van der Waals surface area contributed by atoms with Crippen molar-refractivity contribution >= 4 is 34.2 Å². The van der Waals surface area contributed by atoms with Crippen molar-refractivity contribution in [3.8, 4) is 0 Å².